The van der Waals surface area contributed by atoms with Gasteiger partial charge in [0.25, 0.3) is 5.88 Å². The average molecular weight is 489 g/mol. The molecule has 2 N–H and O–H groups in total. The van der Waals surface area contributed by atoms with E-state index in [9.17, 15) is 4.79 Å². The average Bonchev–Trinajstić information content (AvgIpc) is 2.83. The lowest BCUT2D eigenvalue weighted by Crippen LogP contribution is -2.42. The molecule has 0 aliphatic carbocycles. The highest BCUT2D eigenvalue weighted by Crippen LogP contribution is 2.35. The van der Waals surface area contributed by atoms with Crippen molar-refractivity contribution in [3.63, 3.8) is 0 Å². The fraction of sp³-hybridized carbons (Fsp3) is 0.583. The second-order valence-corrected chi connectivity index (χ2v) is 8.38. The van der Waals surface area contributed by atoms with E-state index in [4.69, 9.17) is 18.9 Å². The summed E-state index contributed by atoms with van der Waals surface area (Å²) in [7, 11) is 1.55. The maximum Gasteiger partial charge on any atom is 0.410 e. The standard InChI is InChI=1S/C24H36N6O5/c1-6-33-14-11-25-20-8-7-19(17(4)28-20)29-22-21(32-5)23(27-15-26-22)35-18-9-12-30(13-10-18)24(31)34-16(2)3/h7-8,15-16,18H,6,9-14H2,1-5H3,(H,25,28)(H,26,27,29). The van der Waals surface area contributed by atoms with E-state index < -0.39 is 0 Å². The lowest BCUT2D eigenvalue weighted by molar-refractivity contribution is 0.0500. The quantitative estimate of drug-likeness (QED) is 0.452. The number of aryl methyl sites for hydroxylation is 1. The molecule has 1 fully saturated rings. The van der Waals surface area contributed by atoms with Gasteiger partial charge < -0.3 is 34.5 Å². The molecule has 3 rings (SSSR count). The van der Waals surface area contributed by atoms with Gasteiger partial charge in [-0.05, 0) is 39.8 Å². The van der Waals surface area contributed by atoms with Gasteiger partial charge in [0.05, 0.1) is 31.2 Å². The first-order chi connectivity index (χ1) is 16.9. The zero-order chi connectivity index (χ0) is 25.2. The normalized spacial score (nSPS) is 14.1. The number of carbonyl (C=O) groups is 1. The van der Waals surface area contributed by atoms with Crippen LogP contribution in [0.1, 0.15) is 39.3 Å². The predicted molar refractivity (Wildman–Crippen MR) is 133 cm³/mol. The molecule has 0 saturated carbocycles. The first-order valence-corrected chi connectivity index (χ1v) is 12.0. The highest BCUT2D eigenvalue weighted by Gasteiger charge is 2.27. The molecule has 11 nitrogen and oxygen atoms in total. The van der Waals surface area contributed by atoms with Crippen LogP contribution in [0.2, 0.25) is 0 Å². The molecule has 1 aliphatic rings. The van der Waals surface area contributed by atoms with E-state index >= 15 is 0 Å². The molecule has 1 saturated heterocycles. The van der Waals surface area contributed by atoms with E-state index in [2.05, 4.69) is 25.6 Å². The molecule has 1 amide bonds. The van der Waals surface area contributed by atoms with Crippen LogP contribution in [0.4, 0.5) is 22.1 Å². The van der Waals surface area contributed by atoms with Crippen LogP contribution in [-0.2, 0) is 9.47 Å². The van der Waals surface area contributed by atoms with E-state index in [1.807, 2.05) is 39.8 Å². The molecule has 2 aromatic rings. The SMILES string of the molecule is CCOCCNc1ccc(Nc2ncnc(OC3CCN(C(=O)OC(C)C)CC3)c2OC)c(C)n1. The van der Waals surface area contributed by atoms with E-state index in [-0.39, 0.29) is 18.3 Å². The number of carbonyl (C=O) groups excluding carboxylic acids is 1. The van der Waals surface area contributed by atoms with Gasteiger partial charge in [-0.25, -0.2) is 14.8 Å². The van der Waals surface area contributed by atoms with Crippen LogP contribution in [0.25, 0.3) is 0 Å². The summed E-state index contributed by atoms with van der Waals surface area (Å²) < 4.78 is 22.4. The van der Waals surface area contributed by atoms with Crippen molar-refractivity contribution in [1.29, 1.82) is 0 Å². The maximum absolute atomic E-state index is 12.1. The zero-order valence-electron chi connectivity index (χ0n) is 21.2. The Hall–Kier alpha value is -3.34. The monoisotopic (exact) mass is 488 g/mol. The number of aromatic nitrogens is 3. The number of pyridine rings is 1. The Kier molecular flexibility index (Phi) is 9.71. The van der Waals surface area contributed by atoms with Crippen molar-refractivity contribution < 1.29 is 23.7 Å². The smallest absolute Gasteiger partial charge is 0.410 e. The molecule has 35 heavy (non-hydrogen) atoms. The summed E-state index contributed by atoms with van der Waals surface area (Å²) in [6, 6.07) is 3.82. The third kappa shape index (κ3) is 7.57. The van der Waals surface area contributed by atoms with E-state index in [0.29, 0.717) is 63.1 Å². The Morgan fingerprint density at radius 2 is 2.00 bits per heavy atom. The van der Waals surface area contributed by atoms with Crippen LogP contribution < -0.4 is 20.1 Å². The summed E-state index contributed by atoms with van der Waals surface area (Å²) >= 11 is 0. The third-order valence-corrected chi connectivity index (χ3v) is 5.39. The summed E-state index contributed by atoms with van der Waals surface area (Å²) in [5, 5.41) is 6.51. The summed E-state index contributed by atoms with van der Waals surface area (Å²) in [5.74, 6) is 2.02. The Morgan fingerprint density at radius 1 is 1.23 bits per heavy atom. The van der Waals surface area contributed by atoms with Crippen molar-refractivity contribution in [3.05, 3.63) is 24.2 Å². The molecular weight excluding hydrogens is 452 g/mol. The Balaban J connectivity index is 1.62. The predicted octanol–water partition coefficient (Wildman–Crippen LogP) is 3.77. The molecule has 11 heteroatoms. The van der Waals surface area contributed by atoms with Crippen molar-refractivity contribution >= 4 is 23.4 Å². The van der Waals surface area contributed by atoms with Gasteiger partial charge >= 0.3 is 6.09 Å². The number of hydrogen-bond donors (Lipinski definition) is 2. The van der Waals surface area contributed by atoms with Gasteiger partial charge in [0, 0.05) is 39.1 Å². The van der Waals surface area contributed by atoms with Crippen molar-refractivity contribution in [1.82, 2.24) is 19.9 Å². The number of nitrogens with zero attached hydrogens (tertiary/aromatic N) is 4. The third-order valence-electron chi connectivity index (χ3n) is 5.39. The first kappa shape index (κ1) is 26.3. The minimum atomic E-state index is -0.288. The highest BCUT2D eigenvalue weighted by molar-refractivity contribution is 5.68. The second-order valence-electron chi connectivity index (χ2n) is 8.38. The number of amides is 1. The summed E-state index contributed by atoms with van der Waals surface area (Å²) in [4.78, 5) is 27.0. The molecule has 2 aromatic heterocycles. The lowest BCUT2D eigenvalue weighted by atomic mass is 10.1. The van der Waals surface area contributed by atoms with Gasteiger partial charge in [0.2, 0.25) is 5.75 Å². The summed E-state index contributed by atoms with van der Waals surface area (Å²) in [6.45, 7) is 10.7. The van der Waals surface area contributed by atoms with Gasteiger partial charge in [-0.1, -0.05) is 0 Å². The van der Waals surface area contributed by atoms with Crippen LogP contribution >= 0.6 is 0 Å². The van der Waals surface area contributed by atoms with Crippen LogP contribution in [-0.4, -0.2) is 78.1 Å². The van der Waals surface area contributed by atoms with Gasteiger partial charge in [-0.3, -0.25) is 0 Å². The molecule has 3 heterocycles. The van der Waals surface area contributed by atoms with Crippen LogP contribution in [0.15, 0.2) is 18.5 Å². The topological polar surface area (TPSA) is 120 Å². The first-order valence-electron chi connectivity index (χ1n) is 12.0. The molecule has 1 aliphatic heterocycles. The molecular formula is C24H36N6O5. The van der Waals surface area contributed by atoms with Gasteiger partial charge in [-0.15, -0.1) is 0 Å². The number of likely N-dealkylation sites (tertiary alicyclic amines) is 1. The lowest BCUT2D eigenvalue weighted by Gasteiger charge is -2.31. The minimum Gasteiger partial charge on any atom is -0.489 e. The van der Waals surface area contributed by atoms with Crippen molar-refractivity contribution in [2.24, 2.45) is 0 Å². The molecule has 0 bridgehead atoms. The summed E-state index contributed by atoms with van der Waals surface area (Å²) in [5.41, 5.74) is 1.59. The Morgan fingerprint density at radius 3 is 2.66 bits per heavy atom. The minimum absolute atomic E-state index is 0.0970. The Bertz CT molecular complexity index is 965. The number of methoxy groups -OCH3 is 1. The molecule has 0 unspecified atom stereocenters. The fourth-order valence-corrected chi connectivity index (χ4v) is 3.62. The largest absolute Gasteiger partial charge is 0.489 e. The van der Waals surface area contributed by atoms with Crippen LogP contribution in [0, 0.1) is 6.92 Å². The molecule has 0 aromatic carbocycles. The van der Waals surface area contributed by atoms with E-state index in [0.717, 1.165) is 17.2 Å². The number of piperidine rings is 1. The number of rotatable bonds is 11. The van der Waals surface area contributed by atoms with Gasteiger partial charge in [0.1, 0.15) is 18.2 Å². The van der Waals surface area contributed by atoms with E-state index in [1.165, 1.54) is 6.33 Å². The number of hydrogen-bond acceptors (Lipinski definition) is 10. The Labute approximate surface area is 206 Å². The number of ether oxygens (including phenoxy) is 4. The maximum atomic E-state index is 12.1. The molecule has 192 valence electrons. The summed E-state index contributed by atoms with van der Waals surface area (Å²) in [6.07, 6.45) is 2.25. The van der Waals surface area contributed by atoms with Crippen molar-refractivity contribution in [3.8, 4) is 11.6 Å². The zero-order valence-corrected chi connectivity index (χ0v) is 21.2. The van der Waals surface area contributed by atoms with Gasteiger partial charge in [0.15, 0.2) is 5.82 Å². The molecule has 0 spiro atoms. The number of nitrogens with one attached hydrogen (secondary N) is 2. The van der Waals surface area contributed by atoms with Crippen LogP contribution in [0.5, 0.6) is 11.6 Å². The number of anilines is 3. The molecule has 0 atom stereocenters. The van der Waals surface area contributed by atoms with Crippen molar-refractivity contribution in [2.45, 2.75) is 52.7 Å². The fourth-order valence-electron chi connectivity index (χ4n) is 3.62. The van der Waals surface area contributed by atoms with Gasteiger partial charge in [-0.2, -0.15) is 4.98 Å². The van der Waals surface area contributed by atoms with Crippen molar-refractivity contribution in [2.75, 3.05) is 50.6 Å². The van der Waals surface area contributed by atoms with E-state index in [1.54, 1.807) is 12.0 Å². The van der Waals surface area contributed by atoms with Crippen LogP contribution in [0.3, 0.4) is 0 Å². The highest BCUT2D eigenvalue weighted by atomic mass is 16.6. The molecule has 0 radical (unpaired) electrons. The second kappa shape index (κ2) is 12.9.